The molecule has 27 heavy (non-hydrogen) atoms. The van der Waals surface area contributed by atoms with Gasteiger partial charge in [-0.1, -0.05) is 11.3 Å². The van der Waals surface area contributed by atoms with E-state index in [1.54, 1.807) is 0 Å². The SMILES string of the molecule is CN(C)CCN(C(=O)c1ccc([N+](=O)[O-])o1)c1nc2ccc(F)cc2s1.Cl. The van der Waals surface area contributed by atoms with E-state index in [0.717, 1.165) is 6.07 Å². The molecule has 2 heterocycles. The van der Waals surface area contributed by atoms with Gasteiger partial charge in [0.15, 0.2) is 10.9 Å². The van der Waals surface area contributed by atoms with Crippen LogP contribution in [0.2, 0.25) is 0 Å². The molecule has 8 nitrogen and oxygen atoms in total. The summed E-state index contributed by atoms with van der Waals surface area (Å²) in [5.74, 6) is -1.59. The van der Waals surface area contributed by atoms with Gasteiger partial charge in [0.05, 0.1) is 16.3 Å². The molecule has 0 bridgehead atoms. The summed E-state index contributed by atoms with van der Waals surface area (Å²) in [7, 11) is 3.71. The predicted molar refractivity (Wildman–Crippen MR) is 102 cm³/mol. The molecular formula is C16H16ClFN4O4S. The van der Waals surface area contributed by atoms with Crippen LogP contribution in [0.25, 0.3) is 10.2 Å². The Balaban J connectivity index is 0.00000261. The summed E-state index contributed by atoms with van der Waals surface area (Å²) >= 11 is 1.17. The number of hydrogen-bond donors (Lipinski definition) is 0. The van der Waals surface area contributed by atoms with Gasteiger partial charge in [-0.15, -0.1) is 12.4 Å². The highest BCUT2D eigenvalue weighted by Crippen LogP contribution is 2.30. The molecule has 0 spiro atoms. The molecule has 1 aromatic carbocycles. The van der Waals surface area contributed by atoms with Gasteiger partial charge in [0, 0.05) is 13.1 Å². The van der Waals surface area contributed by atoms with Crippen LogP contribution in [-0.2, 0) is 0 Å². The smallest absolute Gasteiger partial charge is 0.395 e. The lowest BCUT2D eigenvalue weighted by atomic mass is 10.3. The Morgan fingerprint density at radius 2 is 2.04 bits per heavy atom. The minimum absolute atomic E-state index is 0. The number of fused-ring (bicyclic) bond motifs is 1. The molecular weight excluding hydrogens is 399 g/mol. The third-order valence-electron chi connectivity index (χ3n) is 3.57. The van der Waals surface area contributed by atoms with Crippen molar-refractivity contribution in [1.29, 1.82) is 0 Å². The van der Waals surface area contributed by atoms with Crippen molar-refractivity contribution in [3.8, 4) is 0 Å². The van der Waals surface area contributed by atoms with Gasteiger partial charge in [0.2, 0.25) is 0 Å². The summed E-state index contributed by atoms with van der Waals surface area (Å²) in [6.07, 6.45) is 0. The third-order valence-corrected chi connectivity index (χ3v) is 4.61. The first-order valence-corrected chi connectivity index (χ1v) is 8.43. The molecule has 144 valence electrons. The van der Waals surface area contributed by atoms with Crippen molar-refractivity contribution in [3.05, 3.63) is 52.0 Å². The van der Waals surface area contributed by atoms with Gasteiger partial charge in [-0.05, 0) is 38.4 Å². The summed E-state index contributed by atoms with van der Waals surface area (Å²) in [5.41, 5.74) is 0.569. The number of benzene rings is 1. The molecule has 0 saturated heterocycles. The molecule has 0 aliphatic carbocycles. The summed E-state index contributed by atoms with van der Waals surface area (Å²) in [6.45, 7) is 0.835. The van der Waals surface area contributed by atoms with E-state index in [2.05, 4.69) is 4.98 Å². The third kappa shape index (κ3) is 4.59. The van der Waals surface area contributed by atoms with Gasteiger partial charge in [0.25, 0.3) is 5.91 Å². The average Bonchev–Trinajstić information content (AvgIpc) is 3.20. The second-order valence-corrected chi connectivity index (χ2v) is 6.77. The van der Waals surface area contributed by atoms with E-state index in [-0.39, 0.29) is 24.0 Å². The number of halogens is 2. The first kappa shape index (κ1) is 20.7. The molecule has 0 aliphatic heterocycles. The first-order valence-electron chi connectivity index (χ1n) is 7.62. The number of thiazole rings is 1. The molecule has 0 fully saturated rings. The summed E-state index contributed by atoms with van der Waals surface area (Å²) in [4.78, 5) is 30.5. The number of nitrogens with zero attached hydrogens (tertiary/aromatic N) is 4. The van der Waals surface area contributed by atoms with E-state index in [4.69, 9.17) is 4.42 Å². The number of furan rings is 1. The maximum Gasteiger partial charge on any atom is 0.433 e. The van der Waals surface area contributed by atoms with Gasteiger partial charge in [-0.2, -0.15) is 0 Å². The lowest BCUT2D eigenvalue weighted by Crippen LogP contribution is -2.36. The zero-order valence-electron chi connectivity index (χ0n) is 14.4. The van der Waals surface area contributed by atoms with Crippen LogP contribution in [0.15, 0.2) is 34.7 Å². The molecule has 0 aliphatic rings. The zero-order valence-corrected chi connectivity index (χ0v) is 16.1. The van der Waals surface area contributed by atoms with Crippen LogP contribution in [0.1, 0.15) is 10.6 Å². The van der Waals surface area contributed by atoms with E-state index in [1.807, 2.05) is 19.0 Å². The van der Waals surface area contributed by atoms with Crippen molar-refractivity contribution >= 4 is 50.9 Å². The number of carbonyl (C=O) groups is 1. The van der Waals surface area contributed by atoms with Crippen LogP contribution < -0.4 is 4.90 Å². The minimum Gasteiger partial charge on any atom is -0.395 e. The van der Waals surface area contributed by atoms with Crippen LogP contribution in [0.3, 0.4) is 0 Å². The molecule has 0 saturated carbocycles. The molecule has 3 aromatic rings. The molecule has 2 aromatic heterocycles. The molecule has 0 atom stereocenters. The summed E-state index contributed by atoms with van der Waals surface area (Å²) < 4.78 is 19.0. The van der Waals surface area contributed by atoms with E-state index in [0.29, 0.717) is 28.4 Å². The van der Waals surface area contributed by atoms with Gasteiger partial charge >= 0.3 is 5.88 Å². The zero-order chi connectivity index (χ0) is 18.8. The maximum atomic E-state index is 13.4. The number of aromatic nitrogens is 1. The fourth-order valence-electron chi connectivity index (χ4n) is 2.26. The number of likely N-dealkylation sites (N-methyl/N-ethyl adjacent to an activating group) is 1. The van der Waals surface area contributed by atoms with Gasteiger partial charge in [-0.3, -0.25) is 19.8 Å². The van der Waals surface area contributed by atoms with Crippen LogP contribution in [-0.4, -0.2) is 47.9 Å². The van der Waals surface area contributed by atoms with Crippen molar-refractivity contribution in [1.82, 2.24) is 9.88 Å². The van der Waals surface area contributed by atoms with Crippen LogP contribution >= 0.6 is 23.7 Å². The number of hydrogen-bond acceptors (Lipinski definition) is 7. The van der Waals surface area contributed by atoms with Gasteiger partial charge in [-0.25, -0.2) is 9.37 Å². The van der Waals surface area contributed by atoms with Crippen LogP contribution in [0.5, 0.6) is 0 Å². The molecule has 0 N–H and O–H groups in total. The van der Waals surface area contributed by atoms with Crippen molar-refractivity contribution in [3.63, 3.8) is 0 Å². The van der Waals surface area contributed by atoms with E-state index in [9.17, 15) is 19.3 Å². The summed E-state index contributed by atoms with van der Waals surface area (Å²) in [5, 5.41) is 11.1. The number of amides is 1. The Kier molecular flexibility index (Phi) is 6.47. The molecule has 3 rings (SSSR count). The number of rotatable bonds is 6. The number of anilines is 1. The minimum atomic E-state index is -0.707. The average molecular weight is 415 g/mol. The molecule has 0 radical (unpaired) electrons. The van der Waals surface area contributed by atoms with Crippen molar-refractivity contribution < 1.29 is 18.5 Å². The normalized spacial score (nSPS) is 10.8. The highest BCUT2D eigenvalue weighted by atomic mass is 35.5. The Hall–Kier alpha value is -2.56. The fourth-order valence-corrected chi connectivity index (χ4v) is 3.27. The quantitative estimate of drug-likeness (QED) is 0.452. The monoisotopic (exact) mass is 414 g/mol. The van der Waals surface area contributed by atoms with Crippen LogP contribution in [0, 0.1) is 15.9 Å². The van der Waals surface area contributed by atoms with Gasteiger partial charge in [0.1, 0.15) is 10.7 Å². The van der Waals surface area contributed by atoms with Crippen LogP contribution in [0.4, 0.5) is 15.4 Å². The highest BCUT2D eigenvalue weighted by molar-refractivity contribution is 7.22. The lowest BCUT2D eigenvalue weighted by Gasteiger charge is -2.20. The molecule has 0 unspecified atom stereocenters. The molecule has 11 heteroatoms. The van der Waals surface area contributed by atoms with Crippen molar-refractivity contribution in [2.24, 2.45) is 0 Å². The second kappa shape index (κ2) is 8.42. The summed E-state index contributed by atoms with van der Waals surface area (Å²) in [6, 6.07) is 6.58. The topological polar surface area (TPSA) is 92.7 Å². The second-order valence-electron chi connectivity index (χ2n) is 5.76. The Labute approximate surface area is 163 Å². The van der Waals surface area contributed by atoms with E-state index in [1.165, 1.54) is 40.5 Å². The number of nitro groups is 1. The van der Waals surface area contributed by atoms with E-state index < -0.39 is 16.7 Å². The van der Waals surface area contributed by atoms with Crippen molar-refractivity contribution in [2.45, 2.75) is 0 Å². The standard InChI is InChI=1S/C16H15FN4O4S.ClH/c1-19(2)7-8-20(15(22)12-5-6-14(25-12)21(23)24)16-18-11-4-3-10(17)9-13(11)26-16;/h3-6,9H,7-8H2,1-2H3;1H. The van der Waals surface area contributed by atoms with Crippen molar-refractivity contribution in [2.75, 3.05) is 32.1 Å². The maximum absolute atomic E-state index is 13.4. The Morgan fingerprint density at radius 1 is 1.30 bits per heavy atom. The fraction of sp³-hybridized carbons (Fsp3) is 0.250. The Morgan fingerprint density at radius 3 is 2.67 bits per heavy atom. The predicted octanol–water partition coefficient (Wildman–Crippen LogP) is 3.57. The largest absolute Gasteiger partial charge is 0.433 e. The first-order chi connectivity index (χ1) is 12.3. The van der Waals surface area contributed by atoms with E-state index >= 15 is 0 Å². The lowest BCUT2D eigenvalue weighted by molar-refractivity contribution is -0.402. The van der Waals surface area contributed by atoms with Gasteiger partial charge < -0.3 is 9.32 Å². The number of carbonyl (C=O) groups excluding carboxylic acids is 1. The highest BCUT2D eigenvalue weighted by Gasteiger charge is 2.26. The molecule has 1 amide bonds. The Bertz CT molecular complexity index is 974.